The van der Waals surface area contributed by atoms with Crippen LogP contribution in [-0.4, -0.2) is 16.1 Å². The normalized spacial score (nSPS) is 11.0. The van der Waals surface area contributed by atoms with Gasteiger partial charge in [0.2, 0.25) is 5.13 Å². The van der Waals surface area contributed by atoms with Crippen molar-refractivity contribution < 1.29 is 9.21 Å². The van der Waals surface area contributed by atoms with Crippen LogP contribution in [0.15, 0.2) is 74.6 Å². The summed E-state index contributed by atoms with van der Waals surface area (Å²) in [7, 11) is 0. The molecule has 152 valence electrons. The molecular formula is C23H15N3O3S2. The maximum absolute atomic E-state index is 13.0. The second-order valence-electron chi connectivity index (χ2n) is 6.81. The first-order chi connectivity index (χ1) is 15.1. The summed E-state index contributed by atoms with van der Waals surface area (Å²) in [4.78, 5) is 26.0. The van der Waals surface area contributed by atoms with Crippen LogP contribution in [0.3, 0.4) is 0 Å². The molecule has 0 spiro atoms. The van der Waals surface area contributed by atoms with E-state index in [0.717, 1.165) is 16.1 Å². The maximum Gasteiger partial charge on any atom is 0.261 e. The quantitative estimate of drug-likeness (QED) is 0.389. The molecule has 0 aliphatic rings. The van der Waals surface area contributed by atoms with Gasteiger partial charge in [0.1, 0.15) is 10.8 Å². The van der Waals surface area contributed by atoms with Gasteiger partial charge in [0.15, 0.2) is 11.0 Å². The van der Waals surface area contributed by atoms with Crippen molar-refractivity contribution in [2.24, 2.45) is 0 Å². The standard InChI is InChI=1S/C23H15N3O3S2/c1-13-18(27)16-8-5-9-17(20(16)29-19(13)14-6-3-2-4-7-14)21(28)24-23-26-25-22(31-23)15-10-11-30-12-15/h2-12H,1H3,(H,24,26,28). The van der Waals surface area contributed by atoms with Crippen molar-refractivity contribution in [3.63, 3.8) is 0 Å². The van der Waals surface area contributed by atoms with Crippen LogP contribution in [0, 0.1) is 6.92 Å². The number of nitrogens with one attached hydrogen (secondary N) is 1. The van der Waals surface area contributed by atoms with Crippen molar-refractivity contribution in [1.82, 2.24) is 10.2 Å². The number of benzene rings is 2. The molecule has 1 amide bonds. The fourth-order valence-electron chi connectivity index (χ4n) is 3.29. The van der Waals surface area contributed by atoms with E-state index in [9.17, 15) is 9.59 Å². The Bertz CT molecular complexity index is 1460. The summed E-state index contributed by atoms with van der Waals surface area (Å²) in [5.74, 6) is 0.0404. The van der Waals surface area contributed by atoms with Gasteiger partial charge in [-0.25, -0.2) is 0 Å². The molecule has 1 N–H and O–H groups in total. The number of rotatable bonds is 4. The first kappa shape index (κ1) is 19.3. The fourth-order valence-corrected chi connectivity index (χ4v) is 4.74. The molecule has 0 aliphatic carbocycles. The minimum absolute atomic E-state index is 0.162. The molecule has 0 radical (unpaired) electrons. The van der Waals surface area contributed by atoms with Gasteiger partial charge in [-0.05, 0) is 30.5 Å². The zero-order chi connectivity index (χ0) is 21.4. The minimum atomic E-state index is -0.412. The van der Waals surface area contributed by atoms with Crippen LogP contribution in [0.2, 0.25) is 0 Å². The van der Waals surface area contributed by atoms with Crippen molar-refractivity contribution in [3.8, 4) is 21.9 Å². The average molecular weight is 446 g/mol. The molecule has 8 heteroatoms. The third-order valence-corrected chi connectivity index (χ3v) is 6.41. The van der Waals surface area contributed by atoms with Gasteiger partial charge in [0, 0.05) is 22.1 Å². The SMILES string of the molecule is Cc1c(-c2ccccc2)oc2c(C(=O)Nc3nnc(-c4ccsc4)s3)cccc2c1=O. The molecule has 0 atom stereocenters. The molecule has 2 aromatic carbocycles. The van der Waals surface area contributed by atoms with E-state index in [4.69, 9.17) is 4.42 Å². The molecule has 5 aromatic rings. The Morgan fingerprint density at radius 3 is 2.61 bits per heavy atom. The minimum Gasteiger partial charge on any atom is -0.455 e. The molecule has 5 rings (SSSR count). The molecule has 0 bridgehead atoms. The number of carbonyl (C=O) groups excluding carboxylic acids is 1. The molecule has 0 aliphatic heterocycles. The summed E-state index contributed by atoms with van der Waals surface area (Å²) in [5, 5.41) is 16.4. The zero-order valence-corrected chi connectivity index (χ0v) is 17.9. The Kier molecular flexibility index (Phi) is 4.93. The predicted molar refractivity (Wildman–Crippen MR) is 124 cm³/mol. The summed E-state index contributed by atoms with van der Waals surface area (Å²) in [6, 6.07) is 16.3. The van der Waals surface area contributed by atoms with Crippen LogP contribution >= 0.6 is 22.7 Å². The van der Waals surface area contributed by atoms with Crippen LogP contribution in [0.5, 0.6) is 0 Å². The predicted octanol–water partition coefficient (Wildman–Crippen LogP) is 5.60. The molecule has 6 nitrogen and oxygen atoms in total. The molecule has 0 fully saturated rings. The second-order valence-corrected chi connectivity index (χ2v) is 8.57. The van der Waals surface area contributed by atoms with E-state index < -0.39 is 5.91 Å². The second kappa shape index (κ2) is 7.90. The van der Waals surface area contributed by atoms with E-state index in [2.05, 4.69) is 15.5 Å². The lowest BCUT2D eigenvalue weighted by Crippen LogP contribution is -2.14. The van der Waals surface area contributed by atoms with Crippen molar-refractivity contribution in [3.05, 3.63) is 86.7 Å². The highest BCUT2D eigenvalue weighted by Crippen LogP contribution is 2.30. The van der Waals surface area contributed by atoms with Gasteiger partial charge in [-0.2, -0.15) is 11.3 Å². The Morgan fingerprint density at radius 1 is 1.00 bits per heavy atom. The summed E-state index contributed by atoms with van der Waals surface area (Å²) >= 11 is 2.85. The van der Waals surface area contributed by atoms with E-state index in [-0.39, 0.29) is 16.6 Å². The number of nitrogens with zero attached hydrogens (tertiary/aromatic N) is 2. The number of anilines is 1. The highest BCUT2D eigenvalue weighted by molar-refractivity contribution is 7.19. The monoisotopic (exact) mass is 445 g/mol. The lowest BCUT2D eigenvalue weighted by Gasteiger charge is -2.10. The van der Waals surface area contributed by atoms with Crippen LogP contribution < -0.4 is 10.7 Å². The van der Waals surface area contributed by atoms with E-state index >= 15 is 0 Å². The van der Waals surface area contributed by atoms with E-state index in [1.54, 1.807) is 36.5 Å². The van der Waals surface area contributed by atoms with Crippen LogP contribution in [0.4, 0.5) is 5.13 Å². The van der Waals surface area contributed by atoms with Gasteiger partial charge < -0.3 is 4.42 Å². The number of thiophene rings is 1. The number of amides is 1. The number of aromatic nitrogens is 2. The van der Waals surface area contributed by atoms with Crippen molar-refractivity contribution in [2.45, 2.75) is 6.92 Å². The average Bonchev–Trinajstić information content (AvgIpc) is 3.48. The van der Waals surface area contributed by atoms with E-state index in [1.165, 1.54) is 11.3 Å². The van der Waals surface area contributed by atoms with Crippen molar-refractivity contribution in [1.29, 1.82) is 0 Å². The van der Waals surface area contributed by atoms with Crippen molar-refractivity contribution in [2.75, 3.05) is 5.32 Å². The van der Waals surface area contributed by atoms with Crippen LogP contribution in [-0.2, 0) is 0 Å². The smallest absolute Gasteiger partial charge is 0.261 e. The highest BCUT2D eigenvalue weighted by Gasteiger charge is 2.19. The Hall–Kier alpha value is -3.62. The topological polar surface area (TPSA) is 85.1 Å². The third-order valence-electron chi connectivity index (χ3n) is 4.84. The first-order valence-electron chi connectivity index (χ1n) is 9.41. The highest BCUT2D eigenvalue weighted by atomic mass is 32.1. The first-order valence-corrected chi connectivity index (χ1v) is 11.2. The number of hydrogen-bond donors (Lipinski definition) is 1. The van der Waals surface area contributed by atoms with E-state index in [0.29, 0.717) is 21.8 Å². The van der Waals surface area contributed by atoms with Gasteiger partial charge in [-0.3, -0.25) is 14.9 Å². The van der Waals surface area contributed by atoms with Crippen LogP contribution in [0.25, 0.3) is 32.9 Å². The molecule has 0 unspecified atom stereocenters. The Morgan fingerprint density at radius 2 is 1.84 bits per heavy atom. The van der Waals surface area contributed by atoms with Crippen LogP contribution in [0.1, 0.15) is 15.9 Å². The molecule has 3 aromatic heterocycles. The molecular weight excluding hydrogens is 430 g/mol. The number of para-hydroxylation sites is 1. The third kappa shape index (κ3) is 3.56. The fraction of sp³-hybridized carbons (Fsp3) is 0.0435. The van der Waals surface area contributed by atoms with E-state index in [1.807, 2.05) is 47.2 Å². The maximum atomic E-state index is 13.0. The summed E-state index contributed by atoms with van der Waals surface area (Å²) in [5.41, 5.74) is 2.59. The number of carbonyl (C=O) groups is 1. The van der Waals surface area contributed by atoms with Gasteiger partial charge in [0.05, 0.1) is 10.9 Å². The summed E-state index contributed by atoms with van der Waals surface area (Å²) in [6.45, 7) is 1.73. The Balaban J connectivity index is 1.56. The number of fused-ring (bicyclic) bond motifs is 1. The Labute approximate surface area is 184 Å². The van der Waals surface area contributed by atoms with Gasteiger partial charge >= 0.3 is 0 Å². The zero-order valence-electron chi connectivity index (χ0n) is 16.3. The molecule has 0 saturated heterocycles. The molecule has 0 saturated carbocycles. The summed E-state index contributed by atoms with van der Waals surface area (Å²) in [6.07, 6.45) is 0. The van der Waals surface area contributed by atoms with Gasteiger partial charge in [-0.1, -0.05) is 47.7 Å². The van der Waals surface area contributed by atoms with Gasteiger partial charge in [-0.15, -0.1) is 10.2 Å². The largest absolute Gasteiger partial charge is 0.455 e. The summed E-state index contributed by atoms with van der Waals surface area (Å²) < 4.78 is 6.12. The number of hydrogen-bond acceptors (Lipinski definition) is 7. The lowest BCUT2D eigenvalue weighted by atomic mass is 10.0. The molecule has 3 heterocycles. The lowest BCUT2D eigenvalue weighted by molar-refractivity contribution is 0.102. The molecule has 31 heavy (non-hydrogen) atoms. The van der Waals surface area contributed by atoms with Gasteiger partial charge in [0.25, 0.3) is 5.91 Å². The van der Waals surface area contributed by atoms with Crippen molar-refractivity contribution >= 4 is 44.7 Å².